The molecule has 0 aliphatic carbocycles. The van der Waals surface area contributed by atoms with Gasteiger partial charge >= 0.3 is 6.03 Å². The van der Waals surface area contributed by atoms with Crippen molar-refractivity contribution >= 4 is 23.9 Å². The number of carbonyl (C=O) groups is 3. The number of nitrogens with one attached hydrogen (secondary N) is 2. The lowest BCUT2D eigenvalue weighted by atomic mass is 10.1. The summed E-state index contributed by atoms with van der Waals surface area (Å²) < 4.78 is 12.9. The summed E-state index contributed by atoms with van der Waals surface area (Å²) in [5, 5.41) is 3.89. The van der Waals surface area contributed by atoms with E-state index >= 15 is 0 Å². The van der Waals surface area contributed by atoms with Crippen LogP contribution in [-0.4, -0.2) is 17.8 Å². The summed E-state index contributed by atoms with van der Waals surface area (Å²) >= 11 is 0. The highest BCUT2D eigenvalue weighted by atomic mass is 19.1. The third-order valence-electron chi connectivity index (χ3n) is 2.34. The van der Waals surface area contributed by atoms with Gasteiger partial charge in [-0.1, -0.05) is 24.3 Å². The minimum Gasteiger partial charge on any atom is -0.273 e. The van der Waals surface area contributed by atoms with Crippen LogP contribution in [0.15, 0.2) is 42.0 Å². The molecule has 6 heteroatoms. The first kappa shape index (κ1) is 12.7. The van der Waals surface area contributed by atoms with Gasteiger partial charge in [0.2, 0.25) is 0 Å². The molecule has 1 aromatic carbocycles. The molecule has 1 saturated heterocycles. The molecule has 0 unspecified atom stereocenters. The average Bonchev–Trinajstić information content (AvgIpc) is 2.32. The fourth-order valence-electron chi connectivity index (χ4n) is 1.49. The van der Waals surface area contributed by atoms with Crippen LogP contribution in [0, 0.1) is 5.82 Å². The minimum atomic E-state index is -0.846. The van der Waals surface area contributed by atoms with Gasteiger partial charge in [-0.3, -0.25) is 20.2 Å². The number of amides is 4. The molecule has 1 fully saturated rings. The maximum atomic E-state index is 12.9. The van der Waals surface area contributed by atoms with E-state index in [1.54, 1.807) is 12.1 Å². The summed E-state index contributed by atoms with van der Waals surface area (Å²) in [4.78, 5) is 33.5. The van der Waals surface area contributed by atoms with Gasteiger partial charge in [-0.25, -0.2) is 9.18 Å². The van der Waals surface area contributed by atoms with Gasteiger partial charge in [0.1, 0.15) is 11.4 Å². The summed E-state index contributed by atoms with van der Waals surface area (Å²) in [6, 6.07) is 4.98. The number of hydrogen-bond donors (Lipinski definition) is 2. The molecule has 0 aromatic heterocycles. The molecule has 0 spiro atoms. The zero-order chi connectivity index (χ0) is 13.8. The Hall–Kier alpha value is -2.76. The Bertz CT molecular complexity index is 598. The largest absolute Gasteiger partial charge is 0.328 e. The molecule has 96 valence electrons. The molecule has 1 aliphatic heterocycles. The van der Waals surface area contributed by atoms with Crippen molar-refractivity contribution in [3.63, 3.8) is 0 Å². The second-order valence-electron chi connectivity index (χ2n) is 3.73. The molecule has 0 saturated carbocycles. The van der Waals surface area contributed by atoms with E-state index in [1.807, 2.05) is 10.6 Å². The van der Waals surface area contributed by atoms with Gasteiger partial charge in [0, 0.05) is 0 Å². The summed E-state index contributed by atoms with van der Waals surface area (Å²) in [5.74, 6) is -1.91. The van der Waals surface area contributed by atoms with Gasteiger partial charge < -0.3 is 0 Å². The van der Waals surface area contributed by atoms with Crippen LogP contribution in [0.3, 0.4) is 0 Å². The second kappa shape index (κ2) is 5.26. The second-order valence-corrected chi connectivity index (χ2v) is 3.73. The Labute approximate surface area is 107 Å². The van der Waals surface area contributed by atoms with E-state index < -0.39 is 17.8 Å². The van der Waals surface area contributed by atoms with Crippen molar-refractivity contribution in [3.05, 3.63) is 53.4 Å². The molecule has 0 bridgehead atoms. The van der Waals surface area contributed by atoms with Crippen molar-refractivity contribution in [2.45, 2.75) is 0 Å². The van der Waals surface area contributed by atoms with Crippen molar-refractivity contribution in [1.82, 2.24) is 10.6 Å². The summed E-state index contributed by atoms with van der Waals surface area (Å²) in [6.45, 7) is 0. The zero-order valence-electron chi connectivity index (χ0n) is 9.64. The lowest BCUT2D eigenvalue weighted by molar-refractivity contribution is -0.124. The van der Waals surface area contributed by atoms with Crippen molar-refractivity contribution in [3.8, 4) is 0 Å². The molecule has 4 amide bonds. The standard InChI is InChI=1S/C13H9FN2O3/c14-9-5-1-3-8(7-9)4-2-6-10-11(17)15-13(19)16-12(10)18/h1-7H,(H2,15,16,17,18,19). The Kier molecular flexibility index (Phi) is 3.51. The first-order valence-electron chi connectivity index (χ1n) is 5.37. The lowest BCUT2D eigenvalue weighted by Gasteiger charge is -2.12. The van der Waals surface area contributed by atoms with Crippen LogP contribution >= 0.6 is 0 Å². The summed E-state index contributed by atoms with van der Waals surface area (Å²) in [6.07, 6.45) is 4.22. The van der Waals surface area contributed by atoms with Gasteiger partial charge in [0.05, 0.1) is 0 Å². The number of halogens is 1. The molecular weight excluding hydrogens is 251 g/mol. The first-order chi connectivity index (χ1) is 9.06. The number of carbonyl (C=O) groups excluding carboxylic acids is 3. The zero-order valence-corrected chi connectivity index (χ0v) is 9.64. The maximum absolute atomic E-state index is 12.9. The van der Waals surface area contributed by atoms with Gasteiger partial charge in [-0.15, -0.1) is 0 Å². The van der Waals surface area contributed by atoms with Crippen LogP contribution in [0.1, 0.15) is 5.56 Å². The monoisotopic (exact) mass is 260 g/mol. The van der Waals surface area contributed by atoms with Crippen LogP contribution in [0.4, 0.5) is 9.18 Å². The predicted octanol–water partition coefficient (Wildman–Crippen LogP) is 1.13. The van der Waals surface area contributed by atoms with Gasteiger partial charge in [-0.05, 0) is 23.8 Å². The topological polar surface area (TPSA) is 75.3 Å². The quantitative estimate of drug-likeness (QED) is 0.618. The number of hydrogen-bond acceptors (Lipinski definition) is 3. The molecular formula is C13H9FN2O3. The predicted molar refractivity (Wildman–Crippen MR) is 65.2 cm³/mol. The molecule has 2 rings (SSSR count). The normalized spacial score (nSPS) is 15.4. The fourth-order valence-corrected chi connectivity index (χ4v) is 1.49. The van der Waals surface area contributed by atoms with E-state index in [0.29, 0.717) is 5.56 Å². The number of allylic oxidation sites excluding steroid dienone is 2. The third kappa shape index (κ3) is 3.12. The van der Waals surface area contributed by atoms with E-state index in [-0.39, 0.29) is 11.4 Å². The third-order valence-corrected chi connectivity index (χ3v) is 2.34. The van der Waals surface area contributed by atoms with Gasteiger partial charge in [-0.2, -0.15) is 0 Å². The van der Waals surface area contributed by atoms with E-state index in [4.69, 9.17) is 0 Å². The first-order valence-corrected chi connectivity index (χ1v) is 5.37. The highest BCUT2D eigenvalue weighted by Gasteiger charge is 2.26. The van der Waals surface area contributed by atoms with Crippen LogP contribution in [0.5, 0.6) is 0 Å². The molecule has 2 N–H and O–H groups in total. The van der Waals surface area contributed by atoms with E-state index in [1.165, 1.54) is 30.4 Å². The molecule has 1 aliphatic rings. The van der Waals surface area contributed by atoms with Gasteiger partial charge in [0.25, 0.3) is 11.8 Å². The summed E-state index contributed by atoms with van der Waals surface area (Å²) in [5.41, 5.74) is 0.400. The number of imide groups is 2. The number of urea groups is 1. The van der Waals surface area contributed by atoms with E-state index in [2.05, 4.69) is 0 Å². The van der Waals surface area contributed by atoms with E-state index in [0.717, 1.165) is 0 Å². The molecule has 1 aromatic rings. The van der Waals surface area contributed by atoms with Crippen LogP contribution in [0.25, 0.3) is 6.08 Å². The van der Waals surface area contributed by atoms with Crippen LogP contribution < -0.4 is 10.6 Å². The maximum Gasteiger partial charge on any atom is 0.328 e. The number of barbiturate groups is 1. The molecule has 1 heterocycles. The minimum absolute atomic E-state index is 0.188. The van der Waals surface area contributed by atoms with Gasteiger partial charge in [0.15, 0.2) is 0 Å². The van der Waals surface area contributed by atoms with Crippen LogP contribution in [0.2, 0.25) is 0 Å². The highest BCUT2D eigenvalue weighted by Crippen LogP contribution is 2.07. The van der Waals surface area contributed by atoms with Crippen LogP contribution in [-0.2, 0) is 9.59 Å². The average molecular weight is 260 g/mol. The fraction of sp³-hybridized carbons (Fsp3) is 0. The molecule has 5 nitrogen and oxygen atoms in total. The smallest absolute Gasteiger partial charge is 0.273 e. The molecule has 0 atom stereocenters. The SMILES string of the molecule is O=C1NC(=O)C(=CC=Cc2cccc(F)c2)C(=O)N1. The summed E-state index contributed by atoms with van der Waals surface area (Å²) in [7, 11) is 0. The van der Waals surface area contributed by atoms with Crippen molar-refractivity contribution < 1.29 is 18.8 Å². The molecule has 0 radical (unpaired) electrons. The highest BCUT2D eigenvalue weighted by molar-refractivity contribution is 6.29. The Morgan fingerprint density at radius 3 is 2.37 bits per heavy atom. The Morgan fingerprint density at radius 1 is 1.05 bits per heavy atom. The van der Waals surface area contributed by atoms with Crippen molar-refractivity contribution in [1.29, 1.82) is 0 Å². The van der Waals surface area contributed by atoms with Crippen molar-refractivity contribution in [2.24, 2.45) is 0 Å². The lowest BCUT2D eigenvalue weighted by Crippen LogP contribution is -2.51. The Morgan fingerprint density at radius 2 is 1.74 bits per heavy atom. The van der Waals surface area contributed by atoms with Crippen molar-refractivity contribution in [2.75, 3.05) is 0 Å². The van der Waals surface area contributed by atoms with E-state index in [9.17, 15) is 18.8 Å². The number of rotatable bonds is 2. The Balaban J connectivity index is 2.16. The molecule has 19 heavy (non-hydrogen) atoms. The number of benzene rings is 1.